The third-order valence-electron chi connectivity index (χ3n) is 9.43. The molecule has 0 spiro atoms. The van der Waals surface area contributed by atoms with E-state index in [1.165, 1.54) is 0 Å². The first-order valence-corrected chi connectivity index (χ1v) is 15.7. The Labute approximate surface area is 268 Å². The fourth-order valence-electron chi connectivity index (χ4n) is 7.28. The molecule has 0 aliphatic carbocycles. The van der Waals surface area contributed by atoms with Crippen molar-refractivity contribution in [2.24, 2.45) is 0 Å². The van der Waals surface area contributed by atoms with Crippen molar-refractivity contribution < 1.29 is 8.83 Å². The molecule has 0 aliphatic rings. The number of benzene rings is 7. The van der Waals surface area contributed by atoms with Crippen LogP contribution in [0.4, 0.5) is 0 Å². The van der Waals surface area contributed by atoms with Gasteiger partial charge in [-0.15, -0.1) is 0 Å². The first-order chi connectivity index (χ1) is 23.2. The number of rotatable bonds is 3. The molecule has 3 aromatic heterocycles. The van der Waals surface area contributed by atoms with Crippen LogP contribution >= 0.6 is 0 Å². The highest BCUT2D eigenvalue weighted by atomic mass is 16.3. The van der Waals surface area contributed by atoms with Crippen LogP contribution in [0.5, 0.6) is 0 Å². The molecule has 0 fully saturated rings. The molecule has 10 rings (SSSR count). The van der Waals surface area contributed by atoms with E-state index in [4.69, 9.17) is 8.83 Å². The van der Waals surface area contributed by atoms with Gasteiger partial charge in [0, 0.05) is 49.1 Å². The summed E-state index contributed by atoms with van der Waals surface area (Å²) in [6.45, 7) is 0. The predicted octanol–water partition coefficient (Wildman–Crippen LogP) is 11.8. The van der Waals surface area contributed by atoms with Crippen LogP contribution in [0.1, 0.15) is 5.56 Å². The minimum absolute atomic E-state index is 0.649. The minimum Gasteiger partial charge on any atom is -0.455 e. The lowest BCUT2D eigenvalue weighted by molar-refractivity contribution is 0.665. The van der Waals surface area contributed by atoms with Crippen LogP contribution in [-0.2, 0) is 0 Å². The molecule has 7 aromatic carbocycles. The summed E-state index contributed by atoms with van der Waals surface area (Å²) in [5.74, 6) is 0. The molecule has 3 heterocycles. The quantitative estimate of drug-likeness (QED) is 0.203. The van der Waals surface area contributed by atoms with Gasteiger partial charge in [-0.1, -0.05) is 84.9 Å². The molecule has 0 bridgehead atoms. The topological polar surface area (TPSA) is 55.0 Å². The highest BCUT2D eigenvalue weighted by molar-refractivity contribution is 6.16. The van der Waals surface area contributed by atoms with Gasteiger partial charge in [-0.05, 0) is 71.8 Å². The number of furan rings is 2. The average Bonchev–Trinajstić information content (AvgIpc) is 3.80. The van der Waals surface area contributed by atoms with Gasteiger partial charge in [-0.25, -0.2) is 0 Å². The molecule has 0 saturated carbocycles. The molecular formula is C43H24N2O2. The molecule has 0 atom stereocenters. The minimum atomic E-state index is 0.649. The number of fused-ring (bicyclic) bond motifs is 9. The Kier molecular flexibility index (Phi) is 5.32. The van der Waals surface area contributed by atoms with Gasteiger partial charge >= 0.3 is 0 Å². The molecule has 0 radical (unpaired) electrons. The summed E-state index contributed by atoms with van der Waals surface area (Å²) in [6, 6.07) is 52.5. The summed E-state index contributed by atoms with van der Waals surface area (Å²) in [4.78, 5) is 0. The van der Waals surface area contributed by atoms with Gasteiger partial charge in [0.25, 0.3) is 0 Å². The SMILES string of the molecule is N#Cc1ccc2c(c1)c1cc(-c3ccc4oc5c(-c6cccc7c6oc6ccccc67)cccc5c4c3)ccc1n2-c1ccccc1. The lowest BCUT2D eigenvalue weighted by Crippen LogP contribution is -1.93. The Morgan fingerprint density at radius 3 is 1.77 bits per heavy atom. The lowest BCUT2D eigenvalue weighted by atomic mass is 9.98. The monoisotopic (exact) mass is 600 g/mol. The fraction of sp³-hybridized carbons (Fsp3) is 0. The van der Waals surface area contributed by atoms with Gasteiger partial charge in [0.1, 0.15) is 22.3 Å². The van der Waals surface area contributed by atoms with E-state index in [1.807, 2.05) is 42.5 Å². The van der Waals surface area contributed by atoms with E-state index in [-0.39, 0.29) is 0 Å². The predicted molar refractivity (Wildman–Crippen MR) is 191 cm³/mol. The number of nitrogens with zero attached hydrogens (tertiary/aromatic N) is 2. The standard InChI is InChI=1S/C43H24N2O2/c44-25-26-16-19-38-35(22-26)36-23-27(17-20-39(36)45(38)29-8-2-1-3-9-29)28-18-21-41-37(24-28)34-14-7-13-33(43(34)47-41)32-12-6-11-31-30-10-4-5-15-40(30)46-42(31)32/h1-24H. The molecule has 47 heavy (non-hydrogen) atoms. The van der Waals surface area contributed by atoms with Crippen molar-refractivity contribution in [2.45, 2.75) is 0 Å². The second-order valence-corrected chi connectivity index (χ2v) is 12.0. The highest BCUT2D eigenvalue weighted by Gasteiger charge is 2.19. The van der Waals surface area contributed by atoms with Crippen molar-refractivity contribution in [1.82, 2.24) is 4.57 Å². The van der Waals surface area contributed by atoms with Crippen molar-refractivity contribution in [2.75, 3.05) is 0 Å². The summed E-state index contributed by atoms with van der Waals surface area (Å²) in [7, 11) is 0. The third kappa shape index (κ3) is 3.75. The Hall–Kier alpha value is -6.57. The second kappa shape index (κ2) is 9.71. The molecule has 0 aliphatic heterocycles. The molecule has 4 nitrogen and oxygen atoms in total. The molecule has 0 N–H and O–H groups in total. The lowest BCUT2D eigenvalue weighted by Gasteiger charge is -2.08. The summed E-state index contributed by atoms with van der Waals surface area (Å²) < 4.78 is 15.2. The van der Waals surface area contributed by atoms with Crippen molar-refractivity contribution in [3.63, 3.8) is 0 Å². The van der Waals surface area contributed by atoms with Crippen LogP contribution in [-0.4, -0.2) is 4.57 Å². The van der Waals surface area contributed by atoms with Gasteiger partial charge in [0.05, 0.1) is 22.7 Å². The van der Waals surface area contributed by atoms with Crippen LogP contribution in [0.25, 0.3) is 93.6 Å². The van der Waals surface area contributed by atoms with Gasteiger partial charge in [0.2, 0.25) is 0 Å². The first-order valence-electron chi connectivity index (χ1n) is 15.7. The zero-order valence-corrected chi connectivity index (χ0v) is 25.1. The number of aromatic nitrogens is 1. The van der Waals surface area contributed by atoms with Gasteiger partial charge in [0.15, 0.2) is 0 Å². The van der Waals surface area contributed by atoms with Crippen molar-refractivity contribution in [3.05, 3.63) is 151 Å². The maximum absolute atomic E-state index is 9.70. The van der Waals surface area contributed by atoms with E-state index in [1.54, 1.807) is 0 Å². The van der Waals surface area contributed by atoms with E-state index in [2.05, 4.69) is 114 Å². The Morgan fingerprint density at radius 1 is 0.447 bits per heavy atom. The van der Waals surface area contributed by atoms with E-state index in [0.29, 0.717) is 5.56 Å². The maximum Gasteiger partial charge on any atom is 0.143 e. The van der Waals surface area contributed by atoms with E-state index < -0.39 is 0 Å². The van der Waals surface area contributed by atoms with E-state index in [9.17, 15) is 5.26 Å². The molecule has 0 saturated heterocycles. The second-order valence-electron chi connectivity index (χ2n) is 12.0. The Morgan fingerprint density at radius 2 is 1.02 bits per heavy atom. The number of hydrogen-bond acceptors (Lipinski definition) is 3. The normalized spacial score (nSPS) is 11.8. The zero-order valence-electron chi connectivity index (χ0n) is 25.1. The largest absolute Gasteiger partial charge is 0.455 e. The molecule has 4 heteroatoms. The smallest absolute Gasteiger partial charge is 0.143 e. The van der Waals surface area contributed by atoms with Gasteiger partial charge in [-0.3, -0.25) is 0 Å². The third-order valence-corrected chi connectivity index (χ3v) is 9.43. The zero-order chi connectivity index (χ0) is 31.1. The highest BCUT2D eigenvalue weighted by Crippen LogP contribution is 2.42. The van der Waals surface area contributed by atoms with Gasteiger partial charge < -0.3 is 13.4 Å². The average molecular weight is 601 g/mol. The summed E-state index contributed by atoms with van der Waals surface area (Å²) in [5, 5.41) is 16.2. The van der Waals surface area contributed by atoms with Crippen LogP contribution in [0.3, 0.4) is 0 Å². The fourth-order valence-corrected chi connectivity index (χ4v) is 7.28. The van der Waals surface area contributed by atoms with Crippen molar-refractivity contribution in [1.29, 1.82) is 5.26 Å². The molecular weight excluding hydrogens is 576 g/mol. The van der Waals surface area contributed by atoms with E-state index >= 15 is 0 Å². The summed E-state index contributed by atoms with van der Waals surface area (Å²) in [6.07, 6.45) is 0. The van der Waals surface area contributed by atoms with Crippen LogP contribution in [0.2, 0.25) is 0 Å². The molecule has 0 amide bonds. The molecule has 10 aromatic rings. The van der Waals surface area contributed by atoms with Crippen LogP contribution in [0, 0.1) is 11.3 Å². The molecule has 0 unspecified atom stereocenters. The summed E-state index contributed by atoms with van der Waals surface area (Å²) in [5.41, 5.74) is 11.6. The Bertz CT molecular complexity index is 2920. The molecule has 218 valence electrons. The number of nitriles is 1. The van der Waals surface area contributed by atoms with E-state index in [0.717, 1.165) is 93.6 Å². The number of hydrogen-bond donors (Lipinski definition) is 0. The van der Waals surface area contributed by atoms with Crippen LogP contribution in [0.15, 0.2) is 154 Å². The van der Waals surface area contributed by atoms with Crippen LogP contribution < -0.4 is 0 Å². The number of para-hydroxylation sites is 4. The van der Waals surface area contributed by atoms with Gasteiger partial charge in [-0.2, -0.15) is 5.26 Å². The van der Waals surface area contributed by atoms with Crippen molar-refractivity contribution >= 4 is 65.7 Å². The first kappa shape index (κ1) is 25.7. The van der Waals surface area contributed by atoms with Crippen molar-refractivity contribution in [3.8, 4) is 34.0 Å². The maximum atomic E-state index is 9.70. The summed E-state index contributed by atoms with van der Waals surface area (Å²) >= 11 is 0. The Balaban J connectivity index is 1.16.